The van der Waals surface area contributed by atoms with Crippen LogP contribution in [-0.2, 0) is 9.59 Å². The predicted octanol–water partition coefficient (Wildman–Crippen LogP) is 4.26. The number of nitriles is 1. The Hall–Kier alpha value is -4.57. The Kier molecular flexibility index (Phi) is 7.60. The van der Waals surface area contributed by atoms with Gasteiger partial charge in [-0.25, -0.2) is 0 Å². The van der Waals surface area contributed by atoms with Gasteiger partial charge < -0.3 is 20.1 Å². The number of nitrogens with one attached hydrogen (secondary N) is 2. The Balaban J connectivity index is 1.62. The van der Waals surface area contributed by atoms with Gasteiger partial charge in [0.25, 0.3) is 11.8 Å². The van der Waals surface area contributed by atoms with E-state index in [1.54, 1.807) is 67.8 Å². The smallest absolute Gasteiger partial charge is 0.266 e. The largest absolute Gasteiger partial charge is 0.497 e. The minimum atomic E-state index is -0.536. The van der Waals surface area contributed by atoms with Gasteiger partial charge in [-0.1, -0.05) is 30.3 Å². The van der Waals surface area contributed by atoms with Gasteiger partial charge in [-0.05, 0) is 60.2 Å². The average Bonchev–Trinajstić information content (AvgIpc) is 2.82. The van der Waals surface area contributed by atoms with Crippen LogP contribution in [0.5, 0.6) is 11.5 Å². The van der Waals surface area contributed by atoms with E-state index in [1.165, 1.54) is 6.08 Å². The molecule has 0 heterocycles. The molecule has 3 rings (SSSR count). The first kappa shape index (κ1) is 22.1. The van der Waals surface area contributed by atoms with Crippen molar-refractivity contribution in [1.29, 1.82) is 5.26 Å². The number of carbonyl (C=O) groups excluding carboxylic acids is 2. The number of ether oxygens (including phenoxy) is 2. The fourth-order valence-electron chi connectivity index (χ4n) is 2.75. The van der Waals surface area contributed by atoms with Crippen LogP contribution in [0, 0.1) is 11.3 Å². The molecule has 0 atom stereocenters. The molecule has 0 aliphatic heterocycles. The number of rotatable bonds is 8. The third-order valence-corrected chi connectivity index (χ3v) is 4.31. The molecule has 7 heteroatoms. The maximum absolute atomic E-state index is 12.5. The van der Waals surface area contributed by atoms with E-state index >= 15 is 0 Å². The van der Waals surface area contributed by atoms with Crippen LogP contribution in [0.3, 0.4) is 0 Å². The van der Waals surface area contributed by atoms with Crippen molar-refractivity contribution in [2.75, 3.05) is 24.4 Å². The van der Waals surface area contributed by atoms with Crippen LogP contribution < -0.4 is 20.1 Å². The van der Waals surface area contributed by atoms with Gasteiger partial charge in [0.2, 0.25) is 0 Å². The van der Waals surface area contributed by atoms with Crippen molar-refractivity contribution >= 4 is 29.3 Å². The summed E-state index contributed by atoms with van der Waals surface area (Å²) in [6.07, 6.45) is 1.45. The Bertz CT molecular complexity index is 1150. The number of amides is 2. The number of carbonyl (C=O) groups is 2. The summed E-state index contributed by atoms with van der Waals surface area (Å²) in [5, 5.41) is 14.8. The Labute approximate surface area is 185 Å². The zero-order valence-corrected chi connectivity index (χ0v) is 17.4. The number of methoxy groups -OCH3 is 1. The standard InChI is InChI=1S/C25H21N3O4/c1-31-22-12-10-21(11-13-22)28-25(30)19(16-26)14-18-6-5-9-23(15-18)32-17-24(29)27-20-7-3-2-4-8-20/h2-15H,17H2,1H3,(H,27,29)(H,28,30)/b19-14-. The molecule has 0 radical (unpaired) electrons. The molecule has 7 nitrogen and oxygen atoms in total. The monoisotopic (exact) mass is 427 g/mol. The third kappa shape index (κ3) is 6.47. The molecule has 3 aromatic rings. The first-order chi connectivity index (χ1) is 15.6. The van der Waals surface area contributed by atoms with E-state index in [0.717, 1.165) is 0 Å². The SMILES string of the molecule is COc1ccc(NC(=O)/C(C#N)=C\c2cccc(OCC(=O)Nc3ccccc3)c2)cc1. The molecule has 0 aliphatic carbocycles. The summed E-state index contributed by atoms with van der Waals surface area (Å²) in [5.74, 6) is 0.267. The molecule has 0 spiro atoms. The molecule has 0 fully saturated rings. The molecule has 0 saturated carbocycles. The number of nitrogens with zero attached hydrogens (tertiary/aromatic N) is 1. The van der Waals surface area contributed by atoms with E-state index in [0.29, 0.717) is 28.4 Å². The number of hydrogen-bond donors (Lipinski definition) is 2. The van der Waals surface area contributed by atoms with Gasteiger partial charge in [-0.2, -0.15) is 5.26 Å². The van der Waals surface area contributed by atoms with Gasteiger partial charge >= 0.3 is 0 Å². The highest BCUT2D eigenvalue weighted by molar-refractivity contribution is 6.09. The normalized spacial score (nSPS) is 10.6. The molecular weight excluding hydrogens is 406 g/mol. The minimum Gasteiger partial charge on any atom is -0.497 e. The molecule has 0 saturated heterocycles. The molecule has 0 aliphatic rings. The molecule has 0 unspecified atom stereocenters. The molecular formula is C25H21N3O4. The average molecular weight is 427 g/mol. The number of para-hydroxylation sites is 1. The molecule has 160 valence electrons. The van der Waals surface area contributed by atoms with Crippen molar-refractivity contribution in [1.82, 2.24) is 0 Å². The van der Waals surface area contributed by atoms with Crippen molar-refractivity contribution in [3.63, 3.8) is 0 Å². The van der Waals surface area contributed by atoms with E-state index in [4.69, 9.17) is 9.47 Å². The third-order valence-electron chi connectivity index (χ3n) is 4.31. The van der Waals surface area contributed by atoms with Gasteiger partial charge in [0.15, 0.2) is 6.61 Å². The minimum absolute atomic E-state index is 0.0696. The second-order valence-corrected chi connectivity index (χ2v) is 6.63. The van der Waals surface area contributed by atoms with Crippen molar-refractivity contribution < 1.29 is 19.1 Å². The second kappa shape index (κ2) is 11.0. The molecule has 32 heavy (non-hydrogen) atoms. The van der Waals surface area contributed by atoms with Crippen molar-refractivity contribution in [2.24, 2.45) is 0 Å². The summed E-state index contributed by atoms with van der Waals surface area (Å²) < 4.78 is 10.6. The lowest BCUT2D eigenvalue weighted by molar-refractivity contribution is -0.118. The summed E-state index contributed by atoms with van der Waals surface area (Å²) in [6.45, 7) is -0.175. The van der Waals surface area contributed by atoms with E-state index in [2.05, 4.69) is 10.6 Å². The van der Waals surface area contributed by atoms with E-state index < -0.39 is 5.91 Å². The topological polar surface area (TPSA) is 100 Å². The van der Waals surface area contributed by atoms with Crippen molar-refractivity contribution in [2.45, 2.75) is 0 Å². The predicted molar refractivity (Wildman–Crippen MR) is 122 cm³/mol. The van der Waals surface area contributed by atoms with Crippen LogP contribution in [0.15, 0.2) is 84.4 Å². The first-order valence-corrected chi connectivity index (χ1v) is 9.72. The van der Waals surface area contributed by atoms with E-state index in [9.17, 15) is 14.9 Å². The van der Waals surface area contributed by atoms with Crippen LogP contribution in [0.1, 0.15) is 5.56 Å². The van der Waals surface area contributed by atoms with Gasteiger partial charge in [-0.15, -0.1) is 0 Å². The van der Waals surface area contributed by atoms with Crippen LogP contribution in [0.25, 0.3) is 6.08 Å². The number of anilines is 2. The zero-order valence-electron chi connectivity index (χ0n) is 17.4. The lowest BCUT2D eigenvalue weighted by atomic mass is 10.1. The van der Waals surface area contributed by atoms with Gasteiger partial charge in [0, 0.05) is 11.4 Å². The Morgan fingerprint density at radius 1 is 0.906 bits per heavy atom. The number of hydrogen-bond acceptors (Lipinski definition) is 5. The fraction of sp³-hybridized carbons (Fsp3) is 0.0800. The Morgan fingerprint density at radius 2 is 1.62 bits per heavy atom. The molecule has 3 aromatic carbocycles. The van der Waals surface area contributed by atoms with Gasteiger partial charge in [0.05, 0.1) is 7.11 Å². The maximum Gasteiger partial charge on any atom is 0.266 e. The van der Waals surface area contributed by atoms with Crippen molar-refractivity contribution in [3.8, 4) is 17.6 Å². The van der Waals surface area contributed by atoms with Crippen LogP contribution in [-0.4, -0.2) is 25.5 Å². The highest BCUT2D eigenvalue weighted by atomic mass is 16.5. The van der Waals surface area contributed by atoms with Crippen LogP contribution in [0.4, 0.5) is 11.4 Å². The highest BCUT2D eigenvalue weighted by Gasteiger charge is 2.10. The molecule has 0 bridgehead atoms. The summed E-state index contributed by atoms with van der Waals surface area (Å²) >= 11 is 0. The number of benzene rings is 3. The second-order valence-electron chi connectivity index (χ2n) is 6.63. The lowest BCUT2D eigenvalue weighted by Crippen LogP contribution is -2.20. The molecule has 2 amide bonds. The Morgan fingerprint density at radius 3 is 2.31 bits per heavy atom. The van der Waals surface area contributed by atoms with E-state index in [-0.39, 0.29) is 18.1 Å². The summed E-state index contributed by atoms with van der Waals surface area (Å²) in [6, 6.07) is 24.5. The summed E-state index contributed by atoms with van der Waals surface area (Å²) in [4.78, 5) is 24.5. The van der Waals surface area contributed by atoms with Crippen LogP contribution in [0.2, 0.25) is 0 Å². The highest BCUT2D eigenvalue weighted by Crippen LogP contribution is 2.18. The maximum atomic E-state index is 12.5. The summed E-state index contributed by atoms with van der Waals surface area (Å²) in [7, 11) is 1.55. The molecule has 2 N–H and O–H groups in total. The summed E-state index contributed by atoms with van der Waals surface area (Å²) in [5.41, 5.74) is 1.74. The molecule has 0 aromatic heterocycles. The van der Waals surface area contributed by atoms with E-state index in [1.807, 2.05) is 24.3 Å². The van der Waals surface area contributed by atoms with Crippen LogP contribution >= 0.6 is 0 Å². The van der Waals surface area contributed by atoms with Crippen molar-refractivity contribution in [3.05, 3.63) is 90.0 Å². The van der Waals surface area contributed by atoms with Gasteiger partial charge in [-0.3, -0.25) is 9.59 Å². The lowest BCUT2D eigenvalue weighted by Gasteiger charge is -2.08. The van der Waals surface area contributed by atoms with Gasteiger partial charge in [0.1, 0.15) is 23.1 Å². The zero-order chi connectivity index (χ0) is 22.8. The fourth-order valence-corrected chi connectivity index (χ4v) is 2.75. The quantitative estimate of drug-likeness (QED) is 0.413. The first-order valence-electron chi connectivity index (χ1n) is 9.72.